The number of rotatable bonds is 4. The van der Waals surface area contributed by atoms with Gasteiger partial charge in [0.05, 0.1) is 0 Å². The highest BCUT2D eigenvalue weighted by molar-refractivity contribution is 5.94. The number of likely N-dealkylation sites (tertiary alicyclic amines) is 2. The second kappa shape index (κ2) is 7.68. The Hall–Kier alpha value is -2.04. The topological polar surface area (TPSA) is 60.9 Å². The Morgan fingerprint density at radius 3 is 2.81 bits per heavy atom. The summed E-state index contributed by atoms with van der Waals surface area (Å²) in [4.78, 5) is 29.1. The van der Waals surface area contributed by atoms with Gasteiger partial charge in [-0.1, -0.05) is 19.9 Å². The summed E-state index contributed by atoms with van der Waals surface area (Å²) in [5, 5.41) is 9.66. The van der Waals surface area contributed by atoms with Crippen molar-refractivity contribution in [2.24, 2.45) is 11.3 Å². The predicted molar refractivity (Wildman–Crippen MR) is 101 cm³/mol. The Labute approximate surface area is 156 Å². The van der Waals surface area contributed by atoms with Crippen LogP contribution in [-0.2, 0) is 4.79 Å². The minimum Gasteiger partial charge on any atom is -0.508 e. The average molecular weight is 358 g/mol. The lowest BCUT2D eigenvalue weighted by Crippen LogP contribution is -2.55. The van der Waals surface area contributed by atoms with Crippen LogP contribution >= 0.6 is 0 Å². The van der Waals surface area contributed by atoms with Crippen molar-refractivity contribution in [3.05, 3.63) is 29.8 Å². The maximum atomic E-state index is 12.9. The SMILES string of the molecule is CC(C)CCN1C[C@]2(CCCN(C(=O)c3cccc(O)c3)C2)CCC1=O. The first-order valence-corrected chi connectivity index (χ1v) is 9.75. The van der Waals surface area contributed by atoms with Crippen LogP contribution in [0.1, 0.15) is 56.3 Å². The molecule has 26 heavy (non-hydrogen) atoms. The Kier molecular flexibility index (Phi) is 5.54. The van der Waals surface area contributed by atoms with Gasteiger partial charge >= 0.3 is 0 Å². The van der Waals surface area contributed by atoms with Crippen LogP contribution in [0.25, 0.3) is 0 Å². The third-order valence-electron chi connectivity index (χ3n) is 5.77. The zero-order chi connectivity index (χ0) is 18.7. The van der Waals surface area contributed by atoms with Crippen LogP contribution in [-0.4, -0.2) is 52.9 Å². The average Bonchev–Trinajstić information content (AvgIpc) is 2.62. The smallest absolute Gasteiger partial charge is 0.254 e. The molecule has 1 aromatic carbocycles. The lowest BCUT2D eigenvalue weighted by Gasteiger charge is -2.48. The number of hydrogen-bond donors (Lipinski definition) is 1. The molecule has 0 unspecified atom stereocenters. The fourth-order valence-electron chi connectivity index (χ4n) is 4.26. The van der Waals surface area contributed by atoms with Gasteiger partial charge in [0.2, 0.25) is 5.91 Å². The van der Waals surface area contributed by atoms with Crippen molar-refractivity contribution in [3.8, 4) is 5.75 Å². The molecular weight excluding hydrogens is 328 g/mol. The minimum absolute atomic E-state index is 0.0226. The van der Waals surface area contributed by atoms with E-state index in [9.17, 15) is 14.7 Å². The quantitative estimate of drug-likeness (QED) is 0.898. The van der Waals surface area contributed by atoms with Gasteiger partial charge < -0.3 is 14.9 Å². The molecule has 1 spiro atoms. The Morgan fingerprint density at radius 1 is 1.27 bits per heavy atom. The molecule has 2 amide bonds. The summed E-state index contributed by atoms with van der Waals surface area (Å²) in [6.07, 6.45) is 4.52. The molecule has 0 saturated carbocycles. The summed E-state index contributed by atoms with van der Waals surface area (Å²) in [6.45, 7) is 7.39. The highest BCUT2D eigenvalue weighted by Crippen LogP contribution is 2.39. The van der Waals surface area contributed by atoms with Crippen molar-refractivity contribution in [2.75, 3.05) is 26.2 Å². The van der Waals surface area contributed by atoms with Gasteiger partial charge in [0.1, 0.15) is 5.75 Å². The number of piperidine rings is 2. The van der Waals surface area contributed by atoms with Crippen molar-refractivity contribution >= 4 is 11.8 Å². The molecule has 2 heterocycles. The largest absolute Gasteiger partial charge is 0.508 e. The summed E-state index contributed by atoms with van der Waals surface area (Å²) >= 11 is 0. The number of aromatic hydroxyl groups is 1. The van der Waals surface area contributed by atoms with Gasteiger partial charge in [-0.15, -0.1) is 0 Å². The molecule has 1 atom stereocenters. The highest BCUT2D eigenvalue weighted by atomic mass is 16.3. The number of phenolic OH excluding ortho intramolecular Hbond substituents is 1. The summed E-state index contributed by atoms with van der Waals surface area (Å²) in [7, 11) is 0. The standard InChI is InChI=1S/C21H30N2O3/c1-16(2)8-12-22-14-21(10-7-19(22)25)9-4-11-23(15-21)20(26)17-5-3-6-18(24)13-17/h3,5-6,13,16,24H,4,7-12,14-15H2,1-2H3/t21-/m0/s1. The number of carbonyl (C=O) groups excluding carboxylic acids is 2. The number of benzene rings is 1. The third-order valence-corrected chi connectivity index (χ3v) is 5.77. The van der Waals surface area contributed by atoms with Crippen LogP contribution in [0, 0.1) is 11.3 Å². The lowest BCUT2D eigenvalue weighted by atomic mass is 9.73. The molecule has 1 aromatic rings. The molecule has 0 bridgehead atoms. The molecular formula is C21H30N2O3. The Balaban J connectivity index is 1.70. The molecule has 142 valence electrons. The summed E-state index contributed by atoms with van der Waals surface area (Å²) in [5.41, 5.74) is 0.556. The first-order chi connectivity index (χ1) is 12.4. The van der Waals surface area contributed by atoms with Crippen LogP contribution in [0.4, 0.5) is 0 Å². The molecule has 2 aliphatic heterocycles. The second-order valence-electron chi connectivity index (χ2n) is 8.38. The van der Waals surface area contributed by atoms with Crippen molar-refractivity contribution < 1.29 is 14.7 Å². The van der Waals surface area contributed by atoms with E-state index in [4.69, 9.17) is 0 Å². The zero-order valence-electron chi connectivity index (χ0n) is 15.9. The number of carbonyl (C=O) groups is 2. The van der Waals surface area contributed by atoms with Crippen LogP contribution < -0.4 is 0 Å². The van der Waals surface area contributed by atoms with Crippen LogP contribution in [0.3, 0.4) is 0 Å². The Morgan fingerprint density at radius 2 is 2.08 bits per heavy atom. The molecule has 0 radical (unpaired) electrons. The molecule has 2 saturated heterocycles. The zero-order valence-corrected chi connectivity index (χ0v) is 15.9. The van der Waals surface area contributed by atoms with E-state index in [1.165, 1.54) is 6.07 Å². The molecule has 1 N–H and O–H groups in total. The normalized spacial score (nSPS) is 23.7. The van der Waals surface area contributed by atoms with Gasteiger partial charge in [0.15, 0.2) is 0 Å². The maximum absolute atomic E-state index is 12.9. The molecule has 2 fully saturated rings. The predicted octanol–water partition coefficient (Wildman–Crippen LogP) is 3.28. The maximum Gasteiger partial charge on any atom is 0.254 e. The third kappa shape index (κ3) is 4.19. The number of phenols is 1. The van der Waals surface area contributed by atoms with Gasteiger partial charge in [-0.05, 0) is 49.8 Å². The fourth-order valence-corrected chi connectivity index (χ4v) is 4.26. The van der Waals surface area contributed by atoms with E-state index in [0.717, 1.165) is 45.3 Å². The molecule has 3 rings (SSSR count). The molecule has 0 aliphatic carbocycles. The van der Waals surface area contributed by atoms with Crippen molar-refractivity contribution in [2.45, 2.75) is 46.0 Å². The number of amides is 2. The molecule has 2 aliphatic rings. The van der Waals surface area contributed by atoms with Crippen molar-refractivity contribution in [1.82, 2.24) is 9.80 Å². The van der Waals surface area contributed by atoms with E-state index >= 15 is 0 Å². The summed E-state index contributed by atoms with van der Waals surface area (Å²) in [5.74, 6) is 0.930. The summed E-state index contributed by atoms with van der Waals surface area (Å²) in [6, 6.07) is 6.56. The van der Waals surface area contributed by atoms with Crippen LogP contribution in [0.15, 0.2) is 24.3 Å². The van der Waals surface area contributed by atoms with Crippen LogP contribution in [0.5, 0.6) is 5.75 Å². The van der Waals surface area contributed by atoms with E-state index in [2.05, 4.69) is 13.8 Å². The fraction of sp³-hybridized carbons (Fsp3) is 0.619. The number of nitrogens with zero attached hydrogens (tertiary/aromatic N) is 2. The molecule has 5 nitrogen and oxygen atoms in total. The lowest BCUT2D eigenvalue weighted by molar-refractivity contribution is -0.139. The van der Waals surface area contributed by atoms with E-state index in [-0.39, 0.29) is 23.0 Å². The Bertz CT molecular complexity index is 673. The van der Waals surface area contributed by atoms with Gasteiger partial charge in [-0.25, -0.2) is 0 Å². The van der Waals surface area contributed by atoms with E-state index < -0.39 is 0 Å². The summed E-state index contributed by atoms with van der Waals surface area (Å²) < 4.78 is 0. The minimum atomic E-state index is -0.0226. The first kappa shape index (κ1) is 18.7. The van der Waals surface area contributed by atoms with E-state index in [1.54, 1.807) is 18.2 Å². The van der Waals surface area contributed by atoms with E-state index in [0.29, 0.717) is 24.4 Å². The molecule has 5 heteroatoms. The van der Waals surface area contributed by atoms with E-state index in [1.807, 2.05) is 9.80 Å². The first-order valence-electron chi connectivity index (χ1n) is 9.75. The van der Waals surface area contributed by atoms with Crippen molar-refractivity contribution in [3.63, 3.8) is 0 Å². The molecule has 0 aromatic heterocycles. The van der Waals surface area contributed by atoms with Crippen molar-refractivity contribution in [1.29, 1.82) is 0 Å². The second-order valence-corrected chi connectivity index (χ2v) is 8.38. The monoisotopic (exact) mass is 358 g/mol. The van der Waals surface area contributed by atoms with Gasteiger partial charge in [-0.2, -0.15) is 0 Å². The van der Waals surface area contributed by atoms with Gasteiger partial charge in [-0.3, -0.25) is 9.59 Å². The van der Waals surface area contributed by atoms with Gasteiger partial charge in [0.25, 0.3) is 5.91 Å². The van der Waals surface area contributed by atoms with Crippen LogP contribution in [0.2, 0.25) is 0 Å². The van der Waals surface area contributed by atoms with Gasteiger partial charge in [0, 0.05) is 43.6 Å². The number of hydrogen-bond acceptors (Lipinski definition) is 3. The highest BCUT2D eigenvalue weighted by Gasteiger charge is 2.42.